The van der Waals surface area contributed by atoms with Crippen LogP contribution < -0.4 is 0 Å². The number of hydrogen-bond acceptors (Lipinski definition) is 3. The number of amides is 1. The van der Waals surface area contributed by atoms with Gasteiger partial charge in [0.2, 0.25) is 0 Å². The van der Waals surface area contributed by atoms with Gasteiger partial charge in [-0.1, -0.05) is 37.3 Å². The van der Waals surface area contributed by atoms with Gasteiger partial charge in [-0.3, -0.25) is 14.3 Å². The zero-order valence-corrected chi connectivity index (χ0v) is 12.5. The molecule has 6 heteroatoms. The zero-order chi connectivity index (χ0) is 15.9. The van der Waals surface area contributed by atoms with Gasteiger partial charge in [0.25, 0.3) is 5.91 Å². The second kappa shape index (κ2) is 7.40. The van der Waals surface area contributed by atoms with Crippen LogP contribution in [0.1, 0.15) is 29.3 Å². The van der Waals surface area contributed by atoms with Gasteiger partial charge in [0.05, 0.1) is 11.8 Å². The Morgan fingerprint density at radius 2 is 2.00 bits per heavy atom. The summed E-state index contributed by atoms with van der Waals surface area (Å²) in [7, 11) is 0. The molecule has 0 aliphatic rings. The van der Waals surface area contributed by atoms with Crippen molar-refractivity contribution >= 4 is 11.9 Å². The van der Waals surface area contributed by atoms with Crippen LogP contribution in [0.5, 0.6) is 0 Å². The van der Waals surface area contributed by atoms with Crippen LogP contribution in [0.2, 0.25) is 0 Å². The summed E-state index contributed by atoms with van der Waals surface area (Å²) < 4.78 is 1.69. The van der Waals surface area contributed by atoms with E-state index in [-0.39, 0.29) is 19.0 Å². The third-order valence-corrected chi connectivity index (χ3v) is 3.16. The third-order valence-electron chi connectivity index (χ3n) is 3.16. The number of benzene rings is 1. The molecule has 0 aliphatic carbocycles. The molecule has 0 unspecified atom stereocenters. The first-order valence-electron chi connectivity index (χ1n) is 7.17. The van der Waals surface area contributed by atoms with E-state index in [0.29, 0.717) is 5.56 Å². The van der Waals surface area contributed by atoms with E-state index in [4.69, 9.17) is 5.11 Å². The number of carboxylic acids is 1. The van der Waals surface area contributed by atoms with Crippen LogP contribution in [0.15, 0.2) is 42.7 Å². The van der Waals surface area contributed by atoms with Crippen LogP contribution in [0.25, 0.3) is 0 Å². The van der Waals surface area contributed by atoms with Gasteiger partial charge in [-0.05, 0) is 12.0 Å². The number of aromatic nitrogens is 2. The maximum atomic E-state index is 12.5. The van der Waals surface area contributed by atoms with E-state index < -0.39 is 5.97 Å². The Bertz CT molecular complexity index is 637. The summed E-state index contributed by atoms with van der Waals surface area (Å²) in [6, 6.07) is 9.32. The summed E-state index contributed by atoms with van der Waals surface area (Å²) in [5.41, 5.74) is 1.30. The lowest BCUT2D eigenvalue weighted by Gasteiger charge is -2.20. The lowest BCUT2D eigenvalue weighted by atomic mass is 10.2. The first kappa shape index (κ1) is 15.8. The van der Waals surface area contributed by atoms with Gasteiger partial charge >= 0.3 is 5.97 Å². The lowest BCUT2D eigenvalue weighted by Crippen LogP contribution is -2.35. The van der Waals surface area contributed by atoms with Gasteiger partial charge in [0, 0.05) is 19.3 Å². The second-order valence-corrected chi connectivity index (χ2v) is 5.03. The molecule has 1 aromatic heterocycles. The second-order valence-electron chi connectivity index (χ2n) is 5.03. The quantitative estimate of drug-likeness (QED) is 0.849. The molecule has 2 aromatic rings. The van der Waals surface area contributed by atoms with Gasteiger partial charge in [-0.2, -0.15) is 5.10 Å². The number of nitrogens with zero attached hydrogens (tertiary/aromatic N) is 3. The Morgan fingerprint density at radius 3 is 2.64 bits per heavy atom. The van der Waals surface area contributed by atoms with Crippen molar-refractivity contribution in [3.05, 3.63) is 53.9 Å². The Labute approximate surface area is 129 Å². The minimum absolute atomic E-state index is 0.255. The highest BCUT2D eigenvalue weighted by Gasteiger charge is 2.20. The van der Waals surface area contributed by atoms with Crippen LogP contribution in [0.4, 0.5) is 0 Å². The molecule has 0 fully saturated rings. The van der Waals surface area contributed by atoms with E-state index >= 15 is 0 Å². The van der Waals surface area contributed by atoms with E-state index in [9.17, 15) is 9.59 Å². The van der Waals surface area contributed by atoms with Gasteiger partial charge in [0.1, 0.15) is 6.54 Å². The molecule has 0 spiro atoms. The molecule has 1 N–H and O–H groups in total. The minimum atomic E-state index is -1.04. The number of hydrogen-bond donors (Lipinski definition) is 1. The summed E-state index contributed by atoms with van der Waals surface area (Å²) in [5, 5.41) is 13.1. The summed E-state index contributed by atoms with van der Waals surface area (Å²) in [6.45, 7) is 2.66. The standard InChI is InChI=1S/C16H19N3O3/c1-2-8-19-11-14(9-17-19)16(22)18(12-15(20)21)10-13-6-4-3-5-7-13/h3-7,9,11H,2,8,10,12H2,1H3,(H,20,21). The normalized spacial score (nSPS) is 10.4. The Balaban J connectivity index is 2.16. The van der Waals surface area contributed by atoms with Crippen LogP contribution in [-0.4, -0.2) is 38.2 Å². The van der Waals surface area contributed by atoms with Crippen molar-refractivity contribution < 1.29 is 14.7 Å². The molecule has 2 rings (SSSR count). The fourth-order valence-corrected chi connectivity index (χ4v) is 2.17. The van der Waals surface area contributed by atoms with E-state index in [2.05, 4.69) is 5.10 Å². The molecule has 0 bridgehead atoms. The van der Waals surface area contributed by atoms with E-state index in [1.54, 1.807) is 10.9 Å². The van der Waals surface area contributed by atoms with Gasteiger partial charge < -0.3 is 10.0 Å². The topological polar surface area (TPSA) is 75.4 Å². The molecule has 1 heterocycles. The maximum absolute atomic E-state index is 12.5. The first-order valence-corrected chi connectivity index (χ1v) is 7.17. The van der Waals surface area contributed by atoms with E-state index in [1.807, 2.05) is 37.3 Å². The fourth-order valence-electron chi connectivity index (χ4n) is 2.17. The highest BCUT2D eigenvalue weighted by molar-refractivity contribution is 5.95. The molecule has 116 valence electrons. The smallest absolute Gasteiger partial charge is 0.323 e. The van der Waals surface area contributed by atoms with Crippen LogP contribution >= 0.6 is 0 Å². The highest BCUT2D eigenvalue weighted by atomic mass is 16.4. The average molecular weight is 301 g/mol. The van der Waals surface area contributed by atoms with Crippen molar-refractivity contribution in [3.63, 3.8) is 0 Å². The Morgan fingerprint density at radius 1 is 1.27 bits per heavy atom. The van der Waals surface area contributed by atoms with E-state index in [1.165, 1.54) is 11.1 Å². The van der Waals surface area contributed by atoms with E-state index in [0.717, 1.165) is 18.5 Å². The average Bonchev–Trinajstić information content (AvgIpc) is 2.95. The lowest BCUT2D eigenvalue weighted by molar-refractivity contribution is -0.137. The molecular weight excluding hydrogens is 282 g/mol. The van der Waals surface area contributed by atoms with Crippen molar-refractivity contribution in [3.8, 4) is 0 Å². The van der Waals surface area contributed by atoms with Gasteiger partial charge in [0.15, 0.2) is 0 Å². The molecule has 0 radical (unpaired) electrons. The highest BCUT2D eigenvalue weighted by Crippen LogP contribution is 2.10. The summed E-state index contributed by atoms with van der Waals surface area (Å²) in [6.07, 6.45) is 4.06. The predicted octanol–water partition coefficient (Wildman–Crippen LogP) is 2.02. The van der Waals surface area contributed by atoms with Crippen molar-refractivity contribution in [2.75, 3.05) is 6.54 Å². The van der Waals surface area contributed by atoms with Crippen LogP contribution in [0.3, 0.4) is 0 Å². The zero-order valence-electron chi connectivity index (χ0n) is 12.5. The summed E-state index contributed by atoms with van der Waals surface area (Å²) in [5.74, 6) is -1.36. The molecule has 0 aliphatic heterocycles. The Hall–Kier alpha value is -2.63. The molecule has 1 aromatic carbocycles. The number of rotatable bonds is 7. The SMILES string of the molecule is CCCn1cc(C(=O)N(CC(=O)O)Cc2ccccc2)cn1. The monoisotopic (exact) mass is 301 g/mol. The van der Waals surface area contributed by atoms with Gasteiger partial charge in [-0.25, -0.2) is 0 Å². The number of aryl methyl sites for hydroxylation is 1. The maximum Gasteiger partial charge on any atom is 0.323 e. The number of carbonyl (C=O) groups is 2. The van der Waals surface area contributed by atoms with Crippen LogP contribution in [-0.2, 0) is 17.9 Å². The Kier molecular flexibility index (Phi) is 5.30. The fraction of sp³-hybridized carbons (Fsp3) is 0.312. The third kappa shape index (κ3) is 4.18. The van der Waals surface area contributed by atoms with Crippen molar-refractivity contribution in [1.82, 2.24) is 14.7 Å². The molecule has 22 heavy (non-hydrogen) atoms. The first-order chi connectivity index (χ1) is 10.6. The van der Waals surface area contributed by atoms with Crippen molar-refractivity contribution in [2.45, 2.75) is 26.4 Å². The number of carbonyl (C=O) groups excluding carboxylic acids is 1. The molecular formula is C16H19N3O3. The minimum Gasteiger partial charge on any atom is -0.480 e. The number of aliphatic carboxylic acids is 1. The number of carboxylic acid groups (broad SMARTS) is 1. The molecule has 0 saturated carbocycles. The molecule has 0 saturated heterocycles. The van der Waals surface area contributed by atoms with Crippen molar-refractivity contribution in [1.29, 1.82) is 0 Å². The van der Waals surface area contributed by atoms with Crippen molar-refractivity contribution in [2.24, 2.45) is 0 Å². The molecule has 1 amide bonds. The summed E-state index contributed by atoms with van der Waals surface area (Å²) in [4.78, 5) is 24.9. The predicted molar refractivity (Wildman–Crippen MR) is 81.3 cm³/mol. The van der Waals surface area contributed by atoms with Crippen LogP contribution in [0, 0.1) is 0 Å². The molecule has 0 atom stereocenters. The molecule has 6 nitrogen and oxygen atoms in total. The largest absolute Gasteiger partial charge is 0.480 e. The van der Waals surface area contributed by atoms with Gasteiger partial charge in [-0.15, -0.1) is 0 Å². The summed E-state index contributed by atoms with van der Waals surface area (Å²) >= 11 is 0.